The van der Waals surface area contributed by atoms with Gasteiger partial charge in [-0.15, -0.1) is 0 Å². The Kier molecular flexibility index (Phi) is 2.11. The highest BCUT2D eigenvalue weighted by Crippen LogP contribution is 2.31. The molecule has 1 aromatic carbocycles. The zero-order valence-electron chi connectivity index (χ0n) is 9.30. The molecule has 0 spiro atoms. The van der Waals surface area contributed by atoms with Crippen molar-refractivity contribution in [2.45, 2.75) is 6.67 Å². The van der Waals surface area contributed by atoms with E-state index in [4.69, 9.17) is 4.74 Å². The molecule has 1 aliphatic heterocycles. The van der Waals surface area contributed by atoms with E-state index < -0.39 is 0 Å². The fraction of sp³-hybridized carbons (Fsp3) is 0.167. The summed E-state index contributed by atoms with van der Waals surface area (Å²) < 4.78 is 6.71. The number of fused-ring (bicyclic) bond motifs is 3. The molecule has 2 heterocycles. The first-order chi connectivity index (χ1) is 8.29. The van der Waals surface area contributed by atoms with E-state index in [-0.39, 0.29) is 5.97 Å². The third-order valence-corrected chi connectivity index (χ3v) is 2.84. The Bertz CT molecular complexity index is 589. The first kappa shape index (κ1) is 9.89. The highest BCUT2D eigenvalue weighted by molar-refractivity contribution is 5.92. The number of hydrogen-bond acceptors (Lipinski definition) is 4. The Morgan fingerprint density at radius 1 is 1.53 bits per heavy atom. The van der Waals surface area contributed by atoms with Crippen LogP contribution in [0.3, 0.4) is 0 Å². The van der Waals surface area contributed by atoms with Crippen molar-refractivity contribution in [3.63, 3.8) is 0 Å². The molecule has 0 fully saturated rings. The molecule has 5 heteroatoms. The largest absolute Gasteiger partial charge is 0.465 e. The Morgan fingerprint density at radius 3 is 3.24 bits per heavy atom. The van der Waals surface area contributed by atoms with E-state index in [0.29, 0.717) is 12.2 Å². The van der Waals surface area contributed by atoms with Crippen molar-refractivity contribution in [2.24, 2.45) is 0 Å². The number of carbonyl (C=O) groups excluding carboxylic acids is 1. The van der Waals surface area contributed by atoms with Gasteiger partial charge in [0.25, 0.3) is 0 Å². The topological polar surface area (TPSA) is 56.1 Å². The van der Waals surface area contributed by atoms with Crippen molar-refractivity contribution in [3.05, 3.63) is 36.2 Å². The molecule has 86 valence electrons. The Balaban J connectivity index is 2.10. The molecule has 0 unspecified atom stereocenters. The second-order valence-corrected chi connectivity index (χ2v) is 3.81. The molecule has 0 radical (unpaired) electrons. The maximum atomic E-state index is 11.4. The lowest BCUT2D eigenvalue weighted by Gasteiger charge is -2.20. The van der Waals surface area contributed by atoms with Gasteiger partial charge in [0, 0.05) is 23.6 Å². The summed E-state index contributed by atoms with van der Waals surface area (Å²) in [5, 5.41) is 3.24. The lowest BCUT2D eigenvalue weighted by atomic mass is 10.1. The van der Waals surface area contributed by atoms with Gasteiger partial charge >= 0.3 is 5.97 Å². The molecule has 1 N–H and O–H groups in total. The third kappa shape index (κ3) is 1.47. The number of imidazole rings is 1. The second kappa shape index (κ2) is 3.62. The van der Waals surface area contributed by atoms with Crippen molar-refractivity contribution in [3.8, 4) is 11.4 Å². The first-order valence-electron chi connectivity index (χ1n) is 5.27. The van der Waals surface area contributed by atoms with Crippen LogP contribution in [0.4, 0.5) is 5.69 Å². The van der Waals surface area contributed by atoms with E-state index in [0.717, 1.165) is 17.1 Å². The molecule has 1 aliphatic rings. The summed E-state index contributed by atoms with van der Waals surface area (Å²) in [5.74, 6) is 0.582. The molecular formula is C12H11N3O2. The molecular weight excluding hydrogens is 218 g/mol. The molecule has 0 atom stereocenters. The van der Waals surface area contributed by atoms with Gasteiger partial charge in [-0.1, -0.05) is 0 Å². The average molecular weight is 229 g/mol. The molecule has 0 saturated carbocycles. The Morgan fingerprint density at radius 2 is 2.41 bits per heavy atom. The number of esters is 1. The highest BCUT2D eigenvalue weighted by atomic mass is 16.5. The van der Waals surface area contributed by atoms with E-state index in [9.17, 15) is 4.79 Å². The Labute approximate surface area is 98.0 Å². The smallest absolute Gasteiger partial charge is 0.337 e. The molecule has 0 bridgehead atoms. The maximum Gasteiger partial charge on any atom is 0.337 e. The maximum absolute atomic E-state index is 11.4. The summed E-state index contributed by atoms with van der Waals surface area (Å²) in [5.41, 5.74) is 2.44. The number of carbonyl (C=O) groups is 1. The molecule has 17 heavy (non-hydrogen) atoms. The SMILES string of the molecule is COC(=O)c1ccc2c(c1)NCn1ccnc1-2. The number of hydrogen-bond donors (Lipinski definition) is 1. The van der Waals surface area contributed by atoms with Gasteiger partial charge in [-0.2, -0.15) is 0 Å². The number of anilines is 1. The molecule has 0 amide bonds. The van der Waals surface area contributed by atoms with Crippen LogP contribution in [0.2, 0.25) is 0 Å². The van der Waals surface area contributed by atoms with Crippen LogP contribution in [0, 0.1) is 0 Å². The number of ether oxygens (including phenoxy) is 1. The van der Waals surface area contributed by atoms with Crippen LogP contribution in [-0.2, 0) is 11.4 Å². The Hall–Kier alpha value is -2.30. The first-order valence-corrected chi connectivity index (χ1v) is 5.27. The van der Waals surface area contributed by atoms with E-state index in [1.54, 1.807) is 18.3 Å². The van der Waals surface area contributed by atoms with Crippen molar-refractivity contribution in [1.29, 1.82) is 0 Å². The summed E-state index contributed by atoms with van der Waals surface area (Å²) in [4.78, 5) is 15.7. The minimum absolute atomic E-state index is 0.330. The van der Waals surface area contributed by atoms with E-state index in [1.807, 2.05) is 16.8 Å². The van der Waals surface area contributed by atoms with E-state index >= 15 is 0 Å². The van der Waals surface area contributed by atoms with Gasteiger partial charge in [0.15, 0.2) is 0 Å². The third-order valence-electron chi connectivity index (χ3n) is 2.84. The molecule has 0 aliphatic carbocycles. The summed E-state index contributed by atoms with van der Waals surface area (Å²) in [6.45, 7) is 0.660. The lowest BCUT2D eigenvalue weighted by Crippen LogP contribution is -2.15. The van der Waals surface area contributed by atoms with Gasteiger partial charge in [-0.3, -0.25) is 0 Å². The van der Waals surface area contributed by atoms with Crippen LogP contribution < -0.4 is 5.32 Å². The molecule has 0 saturated heterocycles. The minimum atomic E-state index is -0.330. The number of rotatable bonds is 1. The standard InChI is InChI=1S/C12H11N3O2/c1-17-12(16)8-2-3-9-10(6-8)14-7-15-5-4-13-11(9)15/h2-6,14H,7H2,1H3. The second-order valence-electron chi connectivity index (χ2n) is 3.81. The number of aromatic nitrogens is 2. The number of nitrogens with one attached hydrogen (secondary N) is 1. The zero-order chi connectivity index (χ0) is 11.8. The van der Waals surface area contributed by atoms with Crippen LogP contribution in [0.1, 0.15) is 10.4 Å². The fourth-order valence-corrected chi connectivity index (χ4v) is 1.98. The predicted molar refractivity (Wildman–Crippen MR) is 62.6 cm³/mol. The number of nitrogens with zero attached hydrogens (tertiary/aromatic N) is 2. The van der Waals surface area contributed by atoms with E-state index in [1.165, 1.54) is 7.11 Å². The van der Waals surface area contributed by atoms with Crippen LogP contribution in [-0.4, -0.2) is 22.6 Å². The minimum Gasteiger partial charge on any atom is -0.465 e. The molecule has 2 aromatic rings. The lowest BCUT2D eigenvalue weighted by molar-refractivity contribution is 0.0601. The summed E-state index contributed by atoms with van der Waals surface area (Å²) >= 11 is 0. The van der Waals surface area contributed by atoms with Crippen LogP contribution in [0.25, 0.3) is 11.4 Å². The monoisotopic (exact) mass is 229 g/mol. The van der Waals surface area contributed by atoms with E-state index in [2.05, 4.69) is 10.3 Å². The van der Waals surface area contributed by atoms with Gasteiger partial charge < -0.3 is 14.6 Å². The number of benzene rings is 1. The number of methoxy groups -OCH3 is 1. The van der Waals surface area contributed by atoms with Crippen molar-refractivity contribution < 1.29 is 9.53 Å². The van der Waals surface area contributed by atoms with Crippen molar-refractivity contribution >= 4 is 11.7 Å². The quantitative estimate of drug-likeness (QED) is 0.756. The molecule has 3 rings (SSSR count). The van der Waals surface area contributed by atoms with Gasteiger partial charge in [-0.25, -0.2) is 9.78 Å². The zero-order valence-corrected chi connectivity index (χ0v) is 9.30. The summed E-state index contributed by atoms with van der Waals surface area (Å²) in [6, 6.07) is 5.42. The van der Waals surface area contributed by atoms with Gasteiger partial charge in [0.1, 0.15) is 5.82 Å². The van der Waals surface area contributed by atoms with Crippen molar-refractivity contribution in [2.75, 3.05) is 12.4 Å². The molecule has 1 aromatic heterocycles. The van der Waals surface area contributed by atoms with Crippen LogP contribution in [0.5, 0.6) is 0 Å². The van der Waals surface area contributed by atoms with Gasteiger partial charge in [0.2, 0.25) is 0 Å². The normalized spacial score (nSPS) is 12.3. The van der Waals surface area contributed by atoms with Crippen LogP contribution in [0.15, 0.2) is 30.6 Å². The van der Waals surface area contributed by atoms with Gasteiger partial charge in [-0.05, 0) is 18.2 Å². The summed E-state index contributed by atoms with van der Waals surface area (Å²) in [6.07, 6.45) is 3.68. The van der Waals surface area contributed by atoms with Crippen LogP contribution >= 0.6 is 0 Å². The predicted octanol–water partition coefficient (Wildman–Crippen LogP) is 1.72. The fourth-order valence-electron chi connectivity index (χ4n) is 1.98. The average Bonchev–Trinajstić information content (AvgIpc) is 2.85. The summed E-state index contributed by atoms with van der Waals surface area (Å²) in [7, 11) is 1.38. The highest BCUT2D eigenvalue weighted by Gasteiger charge is 2.17. The van der Waals surface area contributed by atoms with Gasteiger partial charge in [0.05, 0.1) is 19.3 Å². The van der Waals surface area contributed by atoms with Crippen molar-refractivity contribution in [1.82, 2.24) is 9.55 Å². The molecule has 5 nitrogen and oxygen atoms in total.